The highest BCUT2D eigenvalue weighted by Gasteiger charge is 2.36. The van der Waals surface area contributed by atoms with E-state index in [0.717, 1.165) is 0 Å². The summed E-state index contributed by atoms with van der Waals surface area (Å²) in [6.45, 7) is 7.19. The molecule has 3 heterocycles. The Morgan fingerprint density at radius 1 is 1.18 bits per heavy atom. The van der Waals surface area contributed by atoms with Crippen LogP contribution in [0.2, 0.25) is 0 Å². The molecule has 3 rings (SSSR count). The summed E-state index contributed by atoms with van der Waals surface area (Å²) in [4.78, 5) is 38.6. The summed E-state index contributed by atoms with van der Waals surface area (Å²) in [6, 6.07) is 0. The molecule has 0 aromatic carbocycles. The maximum absolute atomic E-state index is 12.4. The maximum atomic E-state index is 12.4. The number of nitrogens with zero attached hydrogens (tertiary/aromatic N) is 5. The number of amides is 1. The number of hydrogen-bond acceptors (Lipinski definition) is 5. The van der Waals surface area contributed by atoms with Crippen molar-refractivity contribution in [3.63, 3.8) is 0 Å². The van der Waals surface area contributed by atoms with Gasteiger partial charge in [0.15, 0.2) is 11.2 Å². The van der Waals surface area contributed by atoms with Gasteiger partial charge in [-0.25, -0.2) is 15.0 Å². The summed E-state index contributed by atoms with van der Waals surface area (Å²) in [5.74, 6) is 0.249. The first-order valence-corrected chi connectivity index (χ1v) is 7.33. The Morgan fingerprint density at radius 2 is 1.91 bits per heavy atom. The van der Waals surface area contributed by atoms with Gasteiger partial charge in [0, 0.05) is 43.4 Å². The van der Waals surface area contributed by atoms with Gasteiger partial charge in [0.2, 0.25) is 5.91 Å². The van der Waals surface area contributed by atoms with Crippen molar-refractivity contribution in [2.75, 3.05) is 6.54 Å². The number of aromatic nitrogens is 4. The van der Waals surface area contributed by atoms with Crippen LogP contribution in [0.4, 0.5) is 0 Å². The van der Waals surface area contributed by atoms with Gasteiger partial charge in [0.25, 0.3) is 5.56 Å². The zero-order valence-electron chi connectivity index (χ0n) is 13.0. The number of rotatable bonds is 2. The van der Waals surface area contributed by atoms with Gasteiger partial charge < -0.3 is 4.90 Å². The quantitative estimate of drug-likeness (QED) is 0.821. The first kappa shape index (κ1) is 14.6. The van der Waals surface area contributed by atoms with E-state index in [4.69, 9.17) is 0 Å². The third-order valence-corrected chi connectivity index (χ3v) is 3.93. The largest absolute Gasteiger partial charge is 0.337 e. The zero-order chi connectivity index (χ0) is 15.9. The van der Waals surface area contributed by atoms with Crippen molar-refractivity contribution in [2.45, 2.75) is 39.3 Å². The highest BCUT2D eigenvalue weighted by atomic mass is 16.2. The molecule has 1 atom stereocenters. The van der Waals surface area contributed by atoms with E-state index in [1.807, 2.05) is 25.7 Å². The van der Waals surface area contributed by atoms with E-state index >= 15 is 0 Å². The minimum Gasteiger partial charge on any atom is -0.337 e. The third-order valence-electron chi connectivity index (χ3n) is 3.93. The smallest absolute Gasteiger partial charge is 0.281 e. The molecule has 7 heteroatoms. The fourth-order valence-corrected chi connectivity index (χ4v) is 2.85. The lowest BCUT2D eigenvalue weighted by Gasteiger charge is -2.32. The van der Waals surface area contributed by atoms with Crippen molar-refractivity contribution >= 4 is 17.1 Å². The number of likely N-dealkylation sites (tertiary alicyclic amines) is 1. The van der Waals surface area contributed by atoms with Crippen LogP contribution >= 0.6 is 0 Å². The van der Waals surface area contributed by atoms with Gasteiger partial charge in [-0.2, -0.15) is 0 Å². The molecule has 0 unspecified atom stereocenters. The molecule has 1 aliphatic rings. The number of hydrogen-bond donors (Lipinski definition) is 0. The Bertz CT molecular complexity index is 777. The minimum absolute atomic E-state index is 0.111. The van der Waals surface area contributed by atoms with E-state index < -0.39 is 0 Å². The molecule has 1 fully saturated rings. The summed E-state index contributed by atoms with van der Waals surface area (Å²) in [5, 5.41) is 0. The van der Waals surface area contributed by atoms with Gasteiger partial charge >= 0.3 is 0 Å². The molecule has 22 heavy (non-hydrogen) atoms. The Hall–Kier alpha value is -2.31. The van der Waals surface area contributed by atoms with Crippen LogP contribution in [0.25, 0.3) is 11.2 Å². The Balaban J connectivity index is 1.84. The van der Waals surface area contributed by atoms with Crippen LogP contribution < -0.4 is 5.56 Å². The molecule has 1 aliphatic heterocycles. The molecule has 0 bridgehead atoms. The molecule has 0 aliphatic carbocycles. The lowest BCUT2D eigenvalue weighted by Crippen LogP contribution is -2.42. The van der Waals surface area contributed by atoms with Crippen LogP contribution in [-0.4, -0.2) is 42.4 Å². The van der Waals surface area contributed by atoms with Crippen molar-refractivity contribution in [2.24, 2.45) is 5.92 Å². The lowest BCUT2D eigenvalue weighted by molar-refractivity contribution is -0.131. The average Bonchev–Trinajstić information content (AvgIpc) is 2.83. The molecule has 7 nitrogen and oxygen atoms in total. The SMILES string of the molecule is CC(C)(C)N1C[C@@H](Cn2cnc3nccnc3c2=O)CC1=O. The molecule has 2 aromatic heterocycles. The van der Waals surface area contributed by atoms with Crippen molar-refractivity contribution < 1.29 is 4.79 Å². The fourth-order valence-electron chi connectivity index (χ4n) is 2.85. The van der Waals surface area contributed by atoms with Gasteiger partial charge in [-0.1, -0.05) is 0 Å². The van der Waals surface area contributed by atoms with Crippen molar-refractivity contribution in [3.8, 4) is 0 Å². The number of carbonyl (C=O) groups is 1. The summed E-state index contributed by atoms with van der Waals surface area (Å²) < 4.78 is 1.53. The van der Waals surface area contributed by atoms with Crippen LogP contribution in [0, 0.1) is 5.92 Å². The molecule has 2 aromatic rings. The second-order valence-electron chi connectivity index (χ2n) is 6.68. The third kappa shape index (κ3) is 2.58. The van der Waals surface area contributed by atoms with E-state index in [-0.39, 0.29) is 28.4 Å². The van der Waals surface area contributed by atoms with E-state index in [2.05, 4.69) is 15.0 Å². The Labute approximate surface area is 128 Å². The Morgan fingerprint density at radius 3 is 2.59 bits per heavy atom. The van der Waals surface area contributed by atoms with Crippen molar-refractivity contribution in [1.82, 2.24) is 24.4 Å². The highest BCUT2D eigenvalue weighted by Crippen LogP contribution is 2.26. The van der Waals surface area contributed by atoms with Crippen molar-refractivity contribution in [1.29, 1.82) is 0 Å². The van der Waals surface area contributed by atoms with Crippen LogP contribution in [0.5, 0.6) is 0 Å². The molecule has 0 spiro atoms. The van der Waals surface area contributed by atoms with E-state index in [1.165, 1.54) is 23.3 Å². The first-order valence-electron chi connectivity index (χ1n) is 7.33. The van der Waals surface area contributed by atoms with Gasteiger partial charge in [-0.15, -0.1) is 0 Å². The van der Waals surface area contributed by atoms with E-state index in [9.17, 15) is 9.59 Å². The van der Waals surface area contributed by atoms with Crippen LogP contribution in [0.1, 0.15) is 27.2 Å². The van der Waals surface area contributed by atoms with E-state index in [1.54, 1.807) is 0 Å². The molecular formula is C15H19N5O2. The molecule has 1 amide bonds. The summed E-state index contributed by atoms with van der Waals surface area (Å²) in [5.41, 5.74) is 0.216. The summed E-state index contributed by atoms with van der Waals surface area (Å²) >= 11 is 0. The second kappa shape index (κ2) is 5.15. The summed E-state index contributed by atoms with van der Waals surface area (Å²) in [6.07, 6.45) is 4.94. The molecule has 0 radical (unpaired) electrons. The number of carbonyl (C=O) groups excluding carboxylic acids is 1. The average molecular weight is 301 g/mol. The molecule has 116 valence electrons. The molecule has 0 N–H and O–H groups in total. The standard InChI is InChI=1S/C15H19N5O2/c1-15(2,3)20-8-10(6-11(20)21)7-19-9-18-13-12(14(19)22)16-4-5-17-13/h4-5,9-10H,6-8H2,1-3H3/t10-/m1/s1. The predicted octanol–water partition coefficient (Wildman–Crippen LogP) is 0.834. The maximum Gasteiger partial charge on any atom is 0.281 e. The molecule has 1 saturated heterocycles. The van der Waals surface area contributed by atoms with Gasteiger partial charge in [0.05, 0.1) is 0 Å². The van der Waals surface area contributed by atoms with Gasteiger partial charge in [0.1, 0.15) is 6.33 Å². The van der Waals surface area contributed by atoms with Crippen molar-refractivity contribution in [3.05, 3.63) is 29.1 Å². The normalized spacial score (nSPS) is 19.1. The molecule has 0 saturated carbocycles. The topological polar surface area (TPSA) is 81.0 Å². The van der Waals surface area contributed by atoms with Crippen LogP contribution in [0.15, 0.2) is 23.5 Å². The lowest BCUT2D eigenvalue weighted by atomic mass is 10.1. The monoisotopic (exact) mass is 301 g/mol. The fraction of sp³-hybridized carbons (Fsp3) is 0.533. The predicted molar refractivity (Wildman–Crippen MR) is 81.2 cm³/mol. The van der Waals surface area contributed by atoms with Gasteiger partial charge in [-0.05, 0) is 20.8 Å². The highest BCUT2D eigenvalue weighted by molar-refractivity contribution is 5.79. The van der Waals surface area contributed by atoms with Gasteiger partial charge in [-0.3, -0.25) is 14.2 Å². The number of fused-ring (bicyclic) bond motifs is 1. The Kier molecular flexibility index (Phi) is 3.42. The summed E-state index contributed by atoms with van der Waals surface area (Å²) in [7, 11) is 0. The van der Waals surface area contributed by atoms with E-state index in [0.29, 0.717) is 25.2 Å². The minimum atomic E-state index is -0.209. The molecular weight excluding hydrogens is 282 g/mol. The van der Waals surface area contributed by atoms with Crippen LogP contribution in [0.3, 0.4) is 0 Å². The zero-order valence-corrected chi connectivity index (χ0v) is 13.0. The van der Waals surface area contributed by atoms with Crippen LogP contribution in [-0.2, 0) is 11.3 Å². The first-order chi connectivity index (χ1) is 10.4. The second-order valence-corrected chi connectivity index (χ2v) is 6.68.